The van der Waals surface area contributed by atoms with Gasteiger partial charge in [-0.15, -0.1) is 0 Å². The molecule has 1 rings (SSSR count). The van der Waals surface area contributed by atoms with E-state index in [4.69, 9.17) is 5.73 Å². The van der Waals surface area contributed by atoms with Gasteiger partial charge in [-0.1, -0.05) is 13.8 Å². The molecule has 4 N–H and O–H groups in total. The van der Waals surface area contributed by atoms with E-state index in [1.165, 1.54) is 5.56 Å². The van der Waals surface area contributed by atoms with Crippen LogP contribution >= 0.6 is 0 Å². The summed E-state index contributed by atoms with van der Waals surface area (Å²) >= 11 is 0. The Labute approximate surface area is 103 Å². The Morgan fingerprint density at radius 2 is 2.29 bits per heavy atom. The Kier molecular flexibility index (Phi) is 5.22. The van der Waals surface area contributed by atoms with Gasteiger partial charge < -0.3 is 16.0 Å². The maximum atomic E-state index is 11.6. The number of aryl methyl sites for hydroxylation is 1. The molecule has 0 unspecified atom stereocenters. The van der Waals surface area contributed by atoms with E-state index < -0.39 is 0 Å². The average Bonchev–Trinajstić information content (AvgIpc) is 2.80. The molecule has 4 nitrogen and oxygen atoms in total. The molecule has 4 heteroatoms. The van der Waals surface area contributed by atoms with Crippen molar-refractivity contribution in [1.29, 1.82) is 0 Å². The summed E-state index contributed by atoms with van der Waals surface area (Å²) in [6, 6.07) is 2.04. The van der Waals surface area contributed by atoms with Crippen molar-refractivity contribution in [3.63, 3.8) is 0 Å². The molecule has 0 aromatic carbocycles. The fourth-order valence-corrected chi connectivity index (χ4v) is 1.47. The van der Waals surface area contributed by atoms with E-state index in [0.717, 1.165) is 12.8 Å². The van der Waals surface area contributed by atoms with Crippen LogP contribution in [0.2, 0.25) is 0 Å². The first kappa shape index (κ1) is 13.8. The minimum absolute atomic E-state index is 0.0176. The number of nitrogens with two attached hydrogens (primary N) is 1. The van der Waals surface area contributed by atoms with Gasteiger partial charge in [-0.25, -0.2) is 0 Å². The molecule has 0 atom stereocenters. The van der Waals surface area contributed by atoms with E-state index in [0.29, 0.717) is 19.5 Å². The maximum absolute atomic E-state index is 11.6. The molecule has 0 aliphatic rings. The molecule has 0 saturated heterocycles. The number of carbonyl (C=O) groups is 1. The van der Waals surface area contributed by atoms with E-state index in [2.05, 4.69) is 10.3 Å². The highest BCUT2D eigenvalue weighted by Crippen LogP contribution is 2.10. The van der Waals surface area contributed by atoms with Gasteiger partial charge in [0.1, 0.15) is 0 Å². The lowest BCUT2D eigenvalue weighted by Crippen LogP contribution is -2.38. The smallest absolute Gasteiger partial charge is 0.220 e. The molecule has 1 amide bonds. The lowest BCUT2D eigenvalue weighted by molar-refractivity contribution is -0.121. The normalized spacial score (nSPS) is 11.5. The van der Waals surface area contributed by atoms with Crippen LogP contribution in [0, 0.1) is 5.41 Å². The van der Waals surface area contributed by atoms with Crippen LogP contribution in [0.3, 0.4) is 0 Å². The van der Waals surface area contributed by atoms with Gasteiger partial charge in [0.25, 0.3) is 0 Å². The average molecular weight is 237 g/mol. The zero-order chi connectivity index (χ0) is 12.7. The first-order chi connectivity index (χ1) is 8.03. The summed E-state index contributed by atoms with van der Waals surface area (Å²) in [5.41, 5.74) is 6.83. The molecule has 0 aliphatic heterocycles. The van der Waals surface area contributed by atoms with Gasteiger partial charge >= 0.3 is 0 Å². The van der Waals surface area contributed by atoms with Crippen LogP contribution in [0.25, 0.3) is 0 Å². The monoisotopic (exact) mass is 237 g/mol. The molecule has 0 spiro atoms. The van der Waals surface area contributed by atoms with Crippen molar-refractivity contribution in [1.82, 2.24) is 10.3 Å². The number of carbonyl (C=O) groups excluding carboxylic acids is 1. The zero-order valence-corrected chi connectivity index (χ0v) is 10.8. The topological polar surface area (TPSA) is 70.9 Å². The van der Waals surface area contributed by atoms with Crippen LogP contribution in [0.15, 0.2) is 18.5 Å². The SMILES string of the molecule is CC(C)(CN)CNC(=O)CCCc1cc[nH]c1. The van der Waals surface area contributed by atoms with Crippen molar-refractivity contribution >= 4 is 5.91 Å². The Balaban J connectivity index is 2.13. The van der Waals surface area contributed by atoms with Gasteiger partial charge in [-0.3, -0.25) is 4.79 Å². The number of hydrogen-bond acceptors (Lipinski definition) is 2. The molecule has 1 aromatic heterocycles. The van der Waals surface area contributed by atoms with Crippen LogP contribution in [-0.4, -0.2) is 24.0 Å². The largest absolute Gasteiger partial charge is 0.367 e. The highest BCUT2D eigenvalue weighted by molar-refractivity contribution is 5.75. The summed E-state index contributed by atoms with van der Waals surface area (Å²) in [6.45, 7) is 5.32. The van der Waals surface area contributed by atoms with Crippen LogP contribution in [-0.2, 0) is 11.2 Å². The number of nitrogens with one attached hydrogen (secondary N) is 2. The fraction of sp³-hybridized carbons (Fsp3) is 0.615. The number of aromatic nitrogens is 1. The van der Waals surface area contributed by atoms with Crippen LogP contribution in [0.4, 0.5) is 0 Å². The van der Waals surface area contributed by atoms with E-state index in [9.17, 15) is 4.79 Å². The second-order valence-corrected chi connectivity index (χ2v) is 5.22. The third-order valence-corrected chi connectivity index (χ3v) is 2.85. The Morgan fingerprint density at radius 1 is 1.53 bits per heavy atom. The minimum atomic E-state index is -0.0176. The van der Waals surface area contributed by atoms with Crippen LogP contribution < -0.4 is 11.1 Å². The molecule has 0 fully saturated rings. The summed E-state index contributed by atoms with van der Waals surface area (Å²) < 4.78 is 0. The van der Waals surface area contributed by atoms with Gasteiger partial charge in [-0.05, 0) is 36.4 Å². The van der Waals surface area contributed by atoms with Crippen LogP contribution in [0.1, 0.15) is 32.3 Å². The number of H-pyrrole nitrogens is 1. The second kappa shape index (κ2) is 6.45. The van der Waals surface area contributed by atoms with Gasteiger partial charge in [0.15, 0.2) is 0 Å². The van der Waals surface area contributed by atoms with Crippen LogP contribution in [0.5, 0.6) is 0 Å². The van der Waals surface area contributed by atoms with Crippen molar-refractivity contribution in [3.05, 3.63) is 24.0 Å². The fourth-order valence-electron chi connectivity index (χ4n) is 1.47. The maximum Gasteiger partial charge on any atom is 0.220 e. The third-order valence-electron chi connectivity index (χ3n) is 2.85. The second-order valence-electron chi connectivity index (χ2n) is 5.22. The van der Waals surface area contributed by atoms with Crippen molar-refractivity contribution in [2.75, 3.05) is 13.1 Å². The summed E-state index contributed by atoms with van der Waals surface area (Å²) in [5.74, 6) is 0.113. The lowest BCUT2D eigenvalue weighted by Gasteiger charge is -2.22. The van der Waals surface area contributed by atoms with Gasteiger partial charge in [0.2, 0.25) is 5.91 Å². The van der Waals surface area contributed by atoms with E-state index in [1.807, 2.05) is 32.3 Å². The Bertz CT molecular complexity index is 330. The Morgan fingerprint density at radius 3 is 2.88 bits per heavy atom. The number of rotatable bonds is 7. The predicted octanol–water partition coefficient (Wildman–Crippen LogP) is 1.44. The molecule has 0 radical (unpaired) electrons. The quantitative estimate of drug-likeness (QED) is 0.671. The number of amides is 1. The van der Waals surface area contributed by atoms with E-state index in [-0.39, 0.29) is 11.3 Å². The molecule has 0 aliphatic carbocycles. The third kappa shape index (κ3) is 5.54. The van der Waals surface area contributed by atoms with Gasteiger partial charge in [-0.2, -0.15) is 0 Å². The molecule has 1 aromatic rings. The summed E-state index contributed by atoms with van der Waals surface area (Å²) in [4.78, 5) is 14.6. The molecule has 1 heterocycles. The molecular weight excluding hydrogens is 214 g/mol. The highest BCUT2D eigenvalue weighted by atomic mass is 16.1. The number of hydrogen-bond donors (Lipinski definition) is 3. The Hall–Kier alpha value is -1.29. The number of aromatic amines is 1. The lowest BCUT2D eigenvalue weighted by atomic mass is 9.94. The van der Waals surface area contributed by atoms with Crippen molar-refractivity contribution in [2.45, 2.75) is 33.1 Å². The minimum Gasteiger partial charge on any atom is -0.367 e. The first-order valence-corrected chi connectivity index (χ1v) is 6.12. The molecule has 0 bridgehead atoms. The molecule has 0 saturated carbocycles. The van der Waals surface area contributed by atoms with Crippen molar-refractivity contribution in [3.8, 4) is 0 Å². The molecular formula is C13H23N3O. The predicted molar refractivity (Wildman–Crippen MR) is 69.6 cm³/mol. The summed E-state index contributed by atoms with van der Waals surface area (Å²) in [5, 5.41) is 2.93. The highest BCUT2D eigenvalue weighted by Gasteiger charge is 2.16. The van der Waals surface area contributed by atoms with Gasteiger partial charge in [0.05, 0.1) is 0 Å². The molecule has 96 valence electrons. The zero-order valence-electron chi connectivity index (χ0n) is 10.8. The van der Waals surface area contributed by atoms with E-state index in [1.54, 1.807) is 0 Å². The van der Waals surface area contributed by atoms with E-state index >= 15 is 0 Å². The first-order valence-electron chi connectivity index (χ1n) is 6.12. The summed E-state index contributed by atoms with van der Waals surface area (Å²) in [6.07, 6.45) is 6.27. The van der Waals surface area contributed by atoms with Crippen molar-refractivity contribution in [2.24, 2.45) is 11.1 Å². The standard InChI is InChI=1S/C13H23N3O/c1-13(2,9-14)10-16-12(17)5-3-4-11-6-7-15-8-11/h6-8,15H,3-5,9-10,14H2,1-2H3,(H,16,17). The molecule has 17 heavy (non-hydrogen) atoms. The van der Waals surface area contributed by atoms with Crippen molar-refractivity contribution < 1.29 is 4.79 Å². The summed E-state index contributed by atoms with van der Waals surface area (Å²) in [7, 11) is 0. The van der Waals surface area contributed by atoms with Gasteiger partial charge in [0, 0.05) is 25.4 Å².